The number of halogens is 1. The second-order valence-corrected chi connectivity index (χ2v) is 2.68. The van der Waals surface area contributed by atoms with Crippen LogP contribution in [0.1, 0.15) is 23.7 Å². The molecule has 1 aromatic carbocycles. The summed E-state index contributed by atoms with van der Waals surface area (Å²) >= 11 is 0. The number of hydrogen-bond acceptors (Lipinski definition) is 1. The van der Waals surface area contributed by atoms with Crippen LogP contribution < -0.4 is 0 Å². The van der Waals surface area contributed by atoms with Gasteiger partial charge in [0.1, 0.15) is 5.82 Å². The summed E-state index contributed by atoms with van der Waals surface area (Å²) < 4.78 is 12.5. The molecule has 13 heavy (non-hydrogen) atoms. The Hall–Kier alpha value is -1.44. The second kappa shape index (κ2) is 4.55. The van der Waals surface area contributed by atoms with Crippen molar-refractivity contribution in [3.8, 4) is 0 Å². The number of rotatable bonds is 3. The fourth-order valence-electron chi connectivity index (χ4n) is 0.935. The Labute approximate surface area is 76.9 Å². The summed E-state index contributed by atoms with van der Waals surface area (Å²) in [6.07, 6.45) is 4.12. The van der Waals surface area contributed by atoms with Gasteiger partial charge in [-0.25, -0.2) is 4.39 Å². The topological polar surface area (TPSA) is 17.1 Å². The molecular formula is C11H11FO. The van der Waals surface area contributed by atoms with Gasteiger partial charge in [-0.3, -0.25) is 4.79 Å². The van der Waals surface area contributed by atoms with Crippen molar-refractivity contribution < 1.29 is 9.18 Å². The van der Waals surface area contributed by atoms with E-state index in [1.807, 2.05) is 6.92 Å². The molecule has 1 rings (SSSR count). The van der Waals surface area contributed by atoms with Crippen LogP contribution in [-0.2, 0) is 0 Å². The lowest BCUT2D eigenvalue weighted by atomic mass is 10.1. The molecule has 0 aliphatic carbocycles. The minimum atomic E-state index is -0.323. The molecule has 0 aliphatic rings. The van der Waals surface area contributed by atoms with Crippen LogP contribution >= 0.6 is 0 Å². The Balaban J connectivity index is 2.78. The lowest BCUT2D eigenvalue weighted by Crippen LogP contribution is -1.93. The predicted octanol–water partition coefficient (Wildman–Crippen LogP) is 2.97. The van der Waals surface area contributed by atoms with Crippen LogP contribution in [0.2, 0.25) is 0 Å². The van der Waals surface area contributed by atoms with Crippen molar-refractivity contribution in [1.29, 1.82) is 0 Å². The maximum Gasteiger partial charge on any atom is 0.185 e. The summed E-state index contributed by atoms with van der Waals surface area (Å²) in [7, 11) is 0. The third-order valence-corrected chi connectivity index (χ3v) is 1.63. The van der Waals surface area contributed by atoms with Crippen LogP contribution in [0.4, 0.5) is 4.39 Å². The van der Waals surface area contributed by atoms with Gasteiger partial charge in [-0.1, -0.05) is 13.0 Å². The van der Waals surface area contributed by atoms with E-state index in [1.165, 1.54) is 30.3 Å². The lowest BCUT2D eigenvalue weighted by molar-refractivity contribution is 0.104. The molecule has 0 fully saturated rings. The van der Waals surface area contributed by atoms with Gasteiger partial charge in [-0.05, 0) is 36.8 Å². The van der Waals surface area contributed by atoms with Gasteiger partial charge >= 0.3 is 0 Å². The summed E-state index contributed by atoms with van der Waals surface area (Å²) in [5.41, 5.74) is 0.520. The quantitative estimate of drug-likeness (QED) is 0.513. The third-order valence-electron chi connectivity index (χ3n) is 1.63. The molecule has 1 nitrogen and oxygen atoms in total. The summed E-state index contributed by atoms with van der Waals surface area (Å²) in [6.45, 7) is 1.95. The van der Waals surface area contributed by atoms with Crippen molar-refractivity contribution in [1.82, 2.24) is 0 Å². The molecule has 0 aliphatic heterocycles. The standard InChI is InChI=1S/C11H11FO/c1-2-3-4-11(13)9-5-7-10(12)8-6-9/h3-8H,2H2,1H3/b4-3+. The van der Waals surface area contributed by atoms with E-state index in [0.717, 1.165) is 6.42 Å². The van der Waals surface area contributed by atoms with E-state index in [1.54, 1.807) is 6.08 Å². The van der Waals surface area contributed by atoms with Gasteiger partial charge in [0.15, 0.2) is 5.78 Å². The summed E-state index contributed by atoms with van der Waals surface area (Å²) in [6, 6.07) is 5.54. The molecule has 0 N–H and O–H groups in total. The molecule has 68 valence electrons. The number of ketones is 1. The monoisotopic (exact) mass is 178 g/mol. The van der Waals surface area contributed by atoms with Crippen LogP contribution in [0.25, 0.3) is 0 Å². The highest BCUT2D eigenvalue weighted by molar-refractivity contribution is 6.04. The SMILES string of the molecule is CC/C=C/C(=O)c1ccc(F)cc1. The van der Waals surface area contributed by atoms with Gasteiger partial charge in [0.25, 0.3) is 0 Å². The van der Waals surface area contributed by atoms with Crippen LogP contribution in [0, 0.1) is 5.82 Å². The number of carbonyl (C=O) groups is 1. The molecule has 0 aromatic heterocycles. The molecule has 1 aromatic rings. The highest BCUT2D eigenvalue weighted by Crippen LogP contribution is 2.04. The zero-order chi connectivity index (χ0) is 9.68. The molecule has 0 amide bonds. The zero-order valence-corrected chi connectivity index (χ0v) is 7.46. The average molecular weight is 178 g/mol. The zero-order valence-electron chi connectivity index (χ0n) is 7.46. The van der Waals surface area contributed by atoms with Crippen LogP contribution in [0.5, 0.6) is 0 Å². The molecular weight excluding hydrogens is 167 g/mol. The minimum Gasteiger partial charge on any atom is -0.289 e. The van der Waals surface area contributed by atoms with E-state index < -0.39 is 0 Å². The maximum absolute atomic E-state index is 12.5. The summed E-state index contributed by atoms with van der Waals surface area (Å²) in [4.78, 5) is 11.3. The molecule has 0 saturated heterocycles. The minimum absolute atomic E-state index is 0.0816. The van der Waals surface area contributed by atoms with E-state index in [2.05, 4.69) is 0 Å². The molecule has 2 heteroatoms. The van der Waals surface area contributed by atoms with Crippen molar-refractivity contribution in [2.24, 2.45) is 0 Å². The fraction of sp³-hybridized carbons (Fsp3) is 0.182. The highest BCUT2D eigenvalue weighted by Gasteiger charge is 1.99. The van der Waals surface area contributed by atoms with Crippen molar-refractivity contribution in [2.75, 3.05) is 0 Å². The Bertz CT molecular complexity index is 311. The Morgan fingerprint density at radius 3 is 2.54 bits per heavy atom. The molecule has 0 radical (unpaired) electrons. The van der Waals surface area contributed by atoms with E-state index in [4.69, 9.17) is 0 Å². The molecule has 0 saturated carbocycles. The smallest absolute Gasteiger partial charge is 0.185 e. The van der Waals surface area contributed by atoms with E-state index in [9.17, 15) is 9.18 Å². The lowest BCUT2D eigenvalue weighted by Gasteiger charge is -1.94. The van der Waals surface area contributed by atoms with Gasteiger partial charge in [-0.15, -0.1) is 0 Å². The van der Waals surface area contributed by atoms with Gasteiger partial charge < -0.3 is 0 Å². The van der Waals surface area contributed by atoms with Crippen molar-refractivity contribution in [3.63, 3.8) is 0 Å². The average Bonchev–Trinajstić information content (AvgIpc) is 2.15. The summed E-state index contributed by atoms with van der Waals surface area (Å²) in [5, 5.41) is 0. The highest BCUT2D eigenvalue weighted by atomic mass is 19.1. The number of benzene rings is 1. The Kier molecular flexibility index (Phi) is 3.38. The van der Waals surface area contributed by atoms with Crippen molar-refractivity contribution in [3.05, 3.63) is 47.8 Å². The first-order valence-electron chi connectivity index (χ1n) is 4.20. The van der Waals surface area contributed by atoms with Gasteiger partial charge in [0.05, 0.1) is 0 Å². The number of carbonyl (C=O) groups excluding carboxylic acids is 1. The van der Waals surface area contributed by atoms with Crippen molar-refractivity contribution in [2.45, 2.75) is 13.3 Å². The maximum atomic E-state index is 12.5. The molecule has 0 heterocycles. The molecule has 0 unspecified atom stereocenters. The van der Waals surface area contributed by atoms with Crippen LogP contribution in [0.15, 0.2) is 36.4 Å². The molecule has 0 spiro atoms. The van der Waals surface area contributed by atoms with E-state index in [0.29, 0.717) is 5.56 Å². The van der Waals surface area contributed by atoms with E-state index >= 15 is 0 Å². The third kappa shape index (κ3) is 2.82. The number of hydrogen-bond donors (Lipinski definition) is 0. The Morgan fingerprint density at radius 2 is 2.00 bits per heavy atom. The first-order chi connectivity index (χ1) is 6.24. The first-order valence-corrected chi connectivity index (χ1v) is 4.20. The van der Waals surface area contributed by atoms with Crippen molar-refractivity contribution >= 4 is 5.78 Å². The van der Waals surface area contributed by atoms with Crippen LogP contribution in [-0.4, -0.2) is 5.78 Å². The fourth-order valence-corrected chi connectivity index (χ4v) is 0.935. The largest absolute Gasteiger partial charge is 0.289 e. The molecule has 0 atom stereocenters. The second-order valence-electron chi connectivity index (χ2n) is 2.68. The van der Waals surface area contributed by atoms with Gasteiger partial charge in [0, 0.05) is 5.56 Å². The normalized spacial score (nSPS) is 10.6. The number of allylic oxidation sites excluding steroid dienone is 2. The van der Waals surface area contributed by atoms with E-state index in [-0.39, 0.29) is 11.6 Å². The van der Waals surface area contributed by atoms with Gasteiger partial charge in [-0.2, -0.15) is 0 Å². The Morgan fingerprint density at radius 1 is 1.38 bits per heavy atom. The summed E-state index contributed by atoms with van der Waals surface area (Å²) in [5.74, 6) is -0.405. The van der Waals surface area contributed by atoms with Crippen LogP contribution in [0.3, 0.4) is 0 Å². The first kappa shape index (κ1) is 9.65. The predicted molar refractivity (Wildman–Crippen MR) is 50.2 cm³/mol. The van der Waals surface area contributed by atoms with Gasteiger partial charge in [0.2, 0.25) is 0 Å². The molecule has 0 bridgehead atoms.